The van der Waals surface area contributed by atoms with Crippen LogP contribution in [-0.4, -0.2) is 42.0 Å². The molecule has 1 saturated heterocycles. The second kappa shape index (κ2) is 7.07. The lowest BCUT2D eigenvalue weighted by Crippen LogP contribution is -2.51. The van der Waals surface area contributed by atoms with Crippen LogP contribution in [-0.2, 0) is 6.54 Å². The van der Waals surface area contributed by atoms with Gasteiger partial charge in [0.2, 0.25) is 0 Å². The van der Waals surface area contributed by atoms with Gasteiger partial charge in [-0.25, -0.2) is 9.38 Å². The molecular formula is C20H22FN5. The van der Waals surface area contributed by atoms with Crippen molar-refractivity contribution in [2.45, 2.75) is 6.54 Å². The van der Waals surface area contributed by atoms with Crippen LogP contribution < -0.4 is 10.6 Å². The Morgan fingerprint density at radius 3 is 2.50 bits per heavy atom. The summed E-state index contributed by atoms with van der Waals surface area (Å²) in [6.07, 6.45) is 0. The molecule has 0 atom stereocenters. The molecule has 26 heavy (non-hydrogen) atoms. The van der Waals surface area contributed by atoms with Gasteiger partial charge in [-0.2, -0.15) is 0 Å². The van der Waals surface area contributed by atoms with Crippen molar-refractivity contribution < 1.29 is 4.39 Å². The number of nitrogens with zero attached hydrogens (tertiary/aromatic N) is 3. The van der Waals surface area contributed by atoms with Crippen molar-refractivity contribution in [3.05, 3.63) is 66.1 Å². The van der Waals surface area contributed by atoms with Crippen molar-refractivity contribution in [2.75, 3.05) is 31.1 Å². The number of para-hydroxylation sites is 1. The maximum absolute atomic E-state index is 13.1. The molecule has 2 aromatic carbocycles. The highest BCUT2D eigenvalue weighted by atomic mass is 19.1. The van der Waals surface area contributed by atoms with E-state index in [1.54, 1.807) is 0 Å². The van der Waals surface area contributed by atoms with E-state index in [9.17, 15) is 4.39 Å². The first-order valence-corrected chi connectivity index (χ1v) is 8.81. The fourth-order valence-corrected chi connectivity index (χ4v) is 3.33. The number of piperazine rings is 1. The highest BCUT2D eigenvalue weighted by Crippen LogP contribution is 2.17. The van der Waals surface area contributed by atoms with E-state index < -0.39 is 0 Å². The van der Waals surface area contributed by atoms with E-state index in [1.165, 1.54) is 17.5 Å². The Morgan fingerprint density at radius 1 is 1.04 bits per heavy atom. The minimum atomic E-state index is -0.208. The predicted molar refractivity (Wildman–Crippen MR) is 104 cm³/mol. The Labute approximate surface area is 151 Å². The number of anilines is 1. The molecule has 6 heteroatoms. The van der Waals surface area contributed by atoms with Gasteiger partial charge >= 0.3 is 0 Å². The molecule has 1 aliphatic heterocycles. The highest BCUT2D eigenvalue weighted by Gasteiger charge is 2.18. The predicted octanol–water partition coefficient (Wildman–Crippen LogP) is 2.94. The van der Waals surface area contributed by atoms with Gasteiger partial charge in [-0.15, -0.1) is 0 Å². The van der Waals surface area contributed by atoms with Crippen molar-refractivity contribution in [3.63, 3.8) is 0 Å². The third-order valence-corrected chi connectivity index (χ3v) is 4.79. The van der Waals surface area contributed by atoms with Crippen LogP contribution in [0.5, 0.6) is 0 Å². The number of nitrogens with one attached hydrogen (secondary N) is 1. The third kappa shape index (κ3) is 3.49. The number of fused-ring (bicyclic) bond motifs is 1. The molecule has 0 bridgehead atoms. The van der Waals surface area contributed by atoms with Gasteiger partial charge in [0.1, 0.15) is 5.82 Å². The number of nitrogens with two attached hydrogens (primary N) is 1. The first kappa shape index (κ1) is 16.4. The van der Waals surface area contributed by atoms with E-state index in [-0.39, 0.29) is 5.82 Å². The number of H-pyrrole nitrogens is 1. The summed E-state index contributed by atoms with van der Waals surface area (Å²) in [5.41, 5.74) is 9.40. The number of aromatic nitrogens is 1. The lowest BCUT2D eigenvalue weighted by molar-refractivity contribution is 0.380. The normalized spacial score (nSPS) is 15.7. The SMILES string of the molecule is NC(=NCc1cc2ccccc2[nH]1)N1CCN(c2ccc(F)cc2)CC1. The maximum Gasteiger partial charge on any atom is 0.191 e. The fourth-order valence-electron chi connectivity index (χ4n) is 3.33. The van der Waals surface area contributed by atoms with Crippen molar-refractivity contribution in [3.8, 4) is 0 Å². The molecule has 3 N–H and O–H groups in total. The fraction of sp³-hybridized carbons (Fsp3) is 0.250. The molecule has 1 fully saturated rings. The van der Waals surface area contributed by atoms with E-state index in [1.807, 2.05) is 24.3 Å². The van der Waals surface area contributed by atoms with Crippen LogP contribution in [0.3, 0.4) is 0 Å². The van der Waals surface area contributed by atoms with E-state index in [0.717, 1.165) is 43.1 Å². The molecule has 1 aliphatic rings. The highest BCUT2D eigenvalue weighted by molar-refractivity contribution is 5.81. The average Bonchev–Trinajstić information content (AvgIpc) is 3.10. The van der Waals surface area contributed by atoms with Gasteiger partial charge in [-0.3, -0.25) is 0 Å². The number of aromatic amines is 1. The van der Waals surface area contributed by atoms with Gasteiger partial charge < -0.3 is 20.5 Å². The zero-order chi connectivity index (χ0) is 17.9. The molecule has 2 heterocycles. The first-order chi connectivity index (χ1) is 12.7. The molecule has 0 amide bonds. The van der Waals surface area contributed by atoms with Gasteiger partial charge in [-0.05, 0) is 41.8 Å². The van der Waals surface area contributed by atoms with E-state index in [2.05, 4.69) is 38.0 Å². The molecular weight excluding hydrogens is 329 g/mol. The van der Waals surface area contributed by atoms with Crippen LogP contribution in [0.25, 0.3) is 10.9 Å². The molecule has 3 aromatic rings. The Hall–Kier alpha value is -3.02. The molecule has 0 spiro atoms. The van der Waals surface area contributed by atoms with Crippen LogP contribution >= 0.6 is 0 Å². The van der Waals surface area contributed by atoms with Gasteiger partial charge in [0, 0.05) is 43.1 Å². The number of halogens is 1. The summed E-state index contributed by atoms with van der Waals surface area (Å²) >= 11 is 0. The summed E-state index contributed by atoms with van der Waals surface area (Å²) in [6, 6.07) is 16.9. The van der Waals surface area contributed by atoms with Crippen molar-refractivity contribution in [1.82, 2.24) is 9.88 Å². The third-order valence-electron chi connectivity index (χ3n) is 4.79. The molecule has 0 aliphatic carbocycles. The quantitative estimate of drug-likeness (QED) is 0.563. The monoisotopic (exact) mass is 351 g/mol. The Kier molecular flexibility index (Phi) is 4.48. The van der Waals surface area contributed by atoms with E-state index in [0.29, 0.717) is 12.5 Å². The first-order valence-electron chi connectivity index (χ1n) is 8.81. The Morgan fingerprint density at radius 2 is 1.77 bits per heavy atom. The summed E-state index contributed by atoms with van der Waals surface area (Å²) < 4.78 is 13.1. The second-order valence-corrected chi connectivity index (χ2v) is 6.51. The van der Waals surface area contributed by atoms with Crippen LogP contribution in [0, 0.1) is 5.82 Å². The number of guanidine groups is 1. The molecule has 0 radical (unpaired) electrons. The molecule has 134 valence electrons. The topological polar surface area (TPSA) is 60.6 Å². The van der Waals surface area contributed by atoms with Gasteiger partial charge in [0.15, 0.2) is 5.96 Å². The Balaban J connectivity index is 1.36. The molecule has 0 unspecified atom stereocenters. The summed E-state index contributed by atoms with van der Waals surface area (Å²) in [4.78, 5) is 12.2. The molecule has 1 aromatic heterocycles. The lowest BCUT2D eigenvalue weighted by Gasteiger charge is -2.36. The van der Waals surface area contributed by atoms with Gasteiger partial charge in [-0.1, -0.05) is 18.2 Å². The van der Waals surface area contributed by atoms with Crippen LogP contribution in [0.1, 0.15) is 5.69 Å². The zero-order valence-electron chi connectivity index (χ0n) is 14.5. The van der Waals surface area contributed by atoms with Crippen molar-refractivity contribution >= 4 is 22.5 Å². The number of hydrogen-bond donors (Lipinski definition) is 2. The number of benzene rings is 2. The summed E-state index contributed by atoms with van der Waals surface area (Å²) in [5, 5.41) is 1.18. The van der Waals surface area contributed by atoms with E-state index >= 15 is 0 Å². The summed E-state index contributed by atoms with van der Waals surface area (Å²) in [5.74, 6) is 0.364. The van der Waals surface area contributed by atoms with Gasteiger partial charge in [0.05, 0.1) is 6.54 Å². The average molecular weight is 351 g/mol. The molecule has 0 saturated carbocycles. The summed E-state index contributed by atoms with van der Waals surface area (Å²) in [7, 11) is 0. The smallest absolute Gasteiger partial charge is 0.191 e. The minimum absolute atomic E-state index is 0.208. The minimum Gasteiger partial charge on any atom is -0.370 e. The zero-order valence-corrected chi connectivity index (χ0v) is 14.5. The second-order valence-electron chi connectivity index (χ2n) is 6.51. The number of aliphatic imine (C=N–C) groups is 1. The largest absolute Gasteiger partial charge is 0.370 e. The van der Waals surface area contributed by atoms with Crippen LogP contribution in [0.4, 0.5) is 10.1 Å². The maximum atomic E-state index is 13.1. The molecule has 5 nitrogen and oxygen atoms in total. The number of rotatable bonds is 3. The molecule has 4 rings (SSSR count). The van der Waals surface area contributed by atoms with Crippen LogP contribution in [0.15, 0.2) is 59.6 Å². The van der Waals surface area contributed by atoms with Crippen molar-refractivity contribution in [2.24, 2.45) is 10.7 Å². The lowest BCUT2D eigenvalue weighted by atomic mass is 10.2. The Bertz CT molecular complexity index is 874. The van der Waals surface area contributed by atoms with Crippen LogP contribution in [0.2, 0.25) is 0 Å². The van der Waals surface area contributed by atoms with Gasteiger partial charge in [0.25, 0.3) is 0 Å². The van der Waals surface area contributed by atoms with E-state index in [4.69, 9.17) is 5.73 Å². The standard InChI is InChI=1S/C20H22FN5/c21-16-5-7-18(8-6-16)25-9-11-26(12-10-25)20(22)23-14-17-13-15-3-1-2-4-19(15)24-17/h1-8,13,24H,9-12,14H2,(H2,22,23). The number of hydrogen-bond acceptors (Lipinski definition) is 2. The summed E-state index contributed by atoms with van der Waals surface area (Å²) in [6.45, 7) is 3.83. The van der Waals surface area contributed by atoms with Crippen molar-refractivity contribution in [1.29, 1.82) is 0 Å².